The number of aryl methyl sites for hydroxylation is 1. The summed E-state index contributed by atoms with van der Waals surface area (Å²) in [6.07, 6.45) is 1.74. The molecule has 3 rings (SSSR count). The Bertz CT molecular complexity index is 836. The van der Waals surface area contributed by atoms with Gasteiger partial charge in [0.05, 0.1) is 6.54 Å². The Balaban J connectivity index is 1.63. The lowest BCUT2D eigenvalue weighted by Crippen LogP contribution is -2.40. The van der Waals surface area contributed by atoms with Crippen molar-refractivity contribution in [2.75, 3.05) is 11.9 Å². The van der Waals surface area contributed by atoms with Gasteiger partial charge in [-0.25, -0.2) is 4.79 Å². The summed E-state index contributed by atoms with van der Waals surface area (Å²) in [5.74, 6) is 1.38. The van der Waals surface area contributed by atoms with E-state index in [9.17, 15) is 9.90 Å². The molecule has 23 heavy (non-hydrogen) atoms. The van der Waals surface area contributed by atoms with E-state index in [0.717, 1.165) is 0 Å². The van der Waals surface area contributed by atoms with Gasteiger partial charge in [0, 0.05) is 6.20 Å². The van der Waals surface area contributed by atoms with Gasteiger partial charge in [-0.2, -0.15) is 0 Å². The average molecular weight is 315 g/mol. The molecule has 0 saturated carbocycles. The van der Waals surface area contributed by atoms with Gasteiger partial charge in [0.2, 0.25) is 5.95 Å². The number of aliphatic hydroxyl groups is 1. The van der Waals surface area contributed by atoms with Crippen molar-refractivity contribution in [1.82, 2.24) is 19.9 Å². The second-order valence-corrected chi connectivity index (χ2v) is 5.44. The zero-order valence-corrected chi connectivity index (χ0v) is 12.8. The molecule has 8 nitrogen and oxygen atoms in total. The van der Waals surface area contributed by atoms with Gasteiger partial charge in [-0.05, 0) is 38.1 Å². The molecule has 3 aromatic rings. The summed E-state index contributed by atoms with van der Waals surface area (Å²) < 4.78 is 7.04. The van der Waals surface area contributed by atoms with Gasteiger partial charge < -0.3 is 14.8 Å². The third kappa shape index (κ3) is 3.16. The van der Waals surface area contributed by atoms with Gasteiger partial charge >= 0.3 is 6.03 Å². The lowest BCUT2D eigenvalue weighted by Gasteiger charge is -2.21. The number of urea groups is 1. The van der Waals surface area contributed by atoms with Gasteiger partial charge in [0.25, 0.3) is 0 Å². The Morgan fingerprint density at radius 1 is 1.35 bits per heavy atom. The number of carbonyl (C=O) groups excluding carboxylic acids is 1. The van der Waals surface area contributed by atoms with Crippen molar-refractivity contribution in [2.24, 2.45) is 0 Å². The molecule has 0 aliphatic carbocycles. The van der Waals surface area contributed by atoms with E-state index in [1.165, 1.54) is 0 Å². The summed E-state index contributed by atoms with van der Waals surface area (Å²) in [7, 11) is 0. The molecular formula is C15H17N5O3. The maximum absolute atomic E-state index is 12.0. The van der Waals surface area contributed by atoms with E-state index in [2.05, 4.69) is 20.8 Å². The molecule has 0 aliphatic heterocycles. The number of pyridine rings is 1. The second-order valence-electron chi connectivity index (χ2n) is 5.44. The molecule has 0 fully saturated rings. The molecule has 3 heterocycles. The van der Waals surface area contributed by atoms with Crippen molar-refractivity contribution in [3.05, 3.63) is 48.0 Å². The van der Waals surface area contributed by atoms with Crippen LogP contribution in [0.3, 0.4) is 0 Å². The first-order valence-electron chi connectivity index (χ1n) is 7.10. The maximum atomic E-state index is 12.0. The molecule has 0 radical (unpaired) electrons. The van der Waals surface area contributed by atoms with Gasteiger partial charge in [-0.1, -0.05) is 6.07 Å². The Hall–Kier alpha value is -2.87. The van der Waals surface area contributed by atoms with Crippen LogP contribution in [-0.4, -0.2) is 32.3 Å². The lowest BCUT2D eigenvalue weighted by molar-refractivity contribution is 0.0364. The van der Waals surface area contributed by atoms with Crippen molar-refractivity contribution >= 4 is 17.6 Å². The molecule has 3 N–H and O–H groups in total. The highest BCUT2D eigenvalue weighted by atomic mass is 16.4. The highest BCUT2D eigenvalue weighted by Crippen LogP contribution is 2.21. The number of furan rings is 1. The molecule has 3 aromatic heterocycles. The van der Waals surface area contributed by atoms with Gasteiger partial charge in [0.1, 0.15) is 17.1 Å². The van der Waals surface area contributed by atoms with Crippen LogP contribution >= 0.6 is 0 Å². The molecular weight excluding hydrogens is 298 g/mol. The predicted octanol–water partition coefficient (Wildman–Crippen LogP) is 1.66. The number of aromatic nitrogens is 3. The van der Waals surface area contributed by atoms with E-state index in [1.807, 2.05) is 12.1 Å². The minimum absolute atomic E-state index is 0.0114. The molecule has 1 atom stereocenters. The summed E-state index contributed by atoms with van der Waals surface area (Å²) in [5, 5.41) is 23.4. The molecule has 120 valence electrons. The third-order valence-electron chi connectivity index (χ3n) is 3.40. The van der Waals surface area contributed by atoms with Crippen molar-refractivity contribution < 1.29 is 14.3 Å². The molecule has 2 amide bonds. The fraction of sp³-hybridized carbons (Fsp3) is 0.267. The van der Waals surface area contributed by atoms with E-state index in [4.69, 9.17) is 4.42 Å². The third-order valence-corrected chi connectivity index (χ3v) is 3.40. The van der Waals surface area contributed by atoms with Crippen LogP contribution < -0.4 is 10.6 Å². The average Bonchev–Trinajstić information content (AvgIpc) is 3.13. The number of hydrogen-bond donors (Lipinski definition) is 3. The quantitative estimate of drug-likeness (QED) is 0.679. The van der Waals surface area contributed by atoms with Crippen LogP contribution in [0.4, 0.5) is 10.7 Å². The van der Waals surface area contributed by atoms with Crippen LogP contribution in [0.1, 0.15) is 18.4 Å². The number of amides is 2. The first-order valence-corrected chi connectivity index (χ1v) is 7.10. The number of hydrogen-bond acceptors (Lipinski definition) is 5. The van der Waals surface area contributed by atoms with E-state index < -0.39 is 11.6 Å². The lowest BCUT2D eigenvalue weighted by atomic mass is 10.0. The summed E-state index contributed by atoms with van der Waals surface area (Å²) in [6, 6.07) is 8.36. The molecule has 0 aliphatic rings. The van der Waals surface area contributed by atoms with Crippen LogP contribution in [0, 0.1) is 6.92 Å². The minimum atomic E-state index is -1.31. The summed E-state index contributed by atoms with van der Waals surface area (Å²) in [6.45, 7) is 3.34. The zero-order chi connectivity index (χ0) is 16.4. The van der Waals surface area contributed by atoms with E-state index in [-0.39, 0.29) is 6.54 Å². The normalized spacial score (nSPS) is 13.7. The summed E-state index contributed by atoms with van der Waals surface area (Å²) >= 11 is 0. The Morgan fingerprint density at radius 2 is 2.17 bits per heavy atom. The molecule has 0 aromatic carbocycles. The van der Waals surface area contributed by atoms with E-state index >= 15 is 0 Å². The molecule has 0 bridgehead atoms. The Labute approximate surface area is 132 Å². The van der Waals surface area contributed by atoms with Crippen LogP contribution in [0.2, 0.25) is 0 Å². The number of carbonyl (C=O) groups is 1. The maximum Gasteiger partial charge on any atom is 0.321 e. The fourth-order valence-corrected chi connectivity index (χ4v) is 2.14. The van der Waals surface area contributed by atoms with Crippen LogP contribution in [0.15, 0.2) is 40.9 Å². The van der Waals surface area contributed by atoms with E-state index in [1.54, 1.807) is 42.6 Å². The number of nitrogens with one attached hydrogen (secondary N) is 2. The molecule has 1 unspecified atom stereocenters. The van der Waals surface area contributed by atoms with Crippen molar-refractivity contribution in [2.45, 2.75) is 19.4 Å². The van der Waals surface area contributed by atoms with E-state index in [0.29, 0.717) is 23.1 Å². The smallest absolute Gasteiger partial charge is 0.321 e. The molecule has 8 heteroatoms. The topological polar surface area (TPSA) is 105 Å². The first-order chi connectivity index (χ1) is 11.0. The van der Waals surface area contributed by atoms with Crippen molar-refractivity contribution in [3.8, 4) is 0 Å². The Morgan fingerprint density at radius 3 is 2.91 bits per heavy atom. The summed E-state index contributed by atoms with van der Waals surface area (Å²) in [5.41, 5.74) is -0.681. The zero-order valence-electron chi connectivity index (χ0n) is 12.8. The van der Waals surface area contributed by atoms with Gasteiger partial charge in [-0.15, -0.1) is 10.2 Å². The van der Waals surface area contributed by atoms with Crippen LogP contribution in [-0.2, 0) is 5.60 Å². The van der Waals surface area contributed by atoms with Crippen LogP contribution in [0.5, 0.6) is 0 Å². The second kappa shape index (κ2) is 5.73. The number of fused-ring (bicyclic) bond motifs is 1. The Kier molecular flexibility index (Phi) is 3.75. The van der Waals surface area contributed by atoms with Crippen LogP contribution in [0.25, 0.3) is 5.65 Å². The highest BCUT2D eigenvalue weighted by molar-refractivity contribution is 5.87. The monoisotopic (exact) mass is 315 g/mol. The summed E-state index contributed by atoms with van der Waals surface area (Å²) in [4.78, 5) is 12.0. The van der Waals surface area contributed by atoms with Gasteiger partial charge in [-0.3, -0.25) is 9.72 Å². The largest absolute Gasteiger partial charge is 0.463 e. The van der Waals surface area contributed by atoms with Gasteiger partial charge in [0.15, 0.2) is 5.65 Å². The predicted molar refractivity (Wildman–Crippen MR) is 83.0 cm³/mol. The molecule has 0 spiro atoms. The first kappa shape index (κ1) is 15.0. The van der Waals surface area contributed by atoms with Crippen molar-refractivity contribution in [3.63, 3.8) is 0 Å². The number of nitrogens with zero attached hydrogens (tertiary/aromatic N) is 3. The SMILES string of the molecule is Cc1ccc(C(C)(O)CNC(=O)Nc2nnc3ccccn23)o1. The fourth-order valence-electron chi connectivity index (χ4n) is 2.14. The number of rotatable bonds is 4. The highest BCUT2D eigenvalue weighted by Gasteiger charge is 2.27. The standard InChI is InChI=1S/C15H17N5O3/c1-10-6-7-11(23-10)15(2,22)9-16-14(21)17-13-19-18-12-5-3-4-8-20(12)13/h3-8,22H,9H2,1-2H3,(H2,16,17,19,21). The minimum Gasteiger partial charge on any atom is -0.463 e. The van der Waals surface area contributed by atoms with Crippen molar-refractivity contribution in [1.29, 1.82) is 0 Å². The number of anilines is 1. The molecule has 0 saturated heterocycles.